The van der Waals surface area contributed by atoms with E-state index in [9.17, 15) is 0 Å². The van der Waals surface area contributed by atoms with E-state index in [1.54, 1.807) is 7.05 Å². The number of morpholine rings is 1. The lowest BCUT2D eigenvalue weighted by Gasteiger charge is -2.28. The number of ether oxygens (including phenoxy) is 1. The van der Waals surface area contributed by atoms with Gasteiger partial charge in [0.05, 0.1) is 13.2 Å². The topological polar surface area (TPSA) is 48.9 Å². The summed E-state index contributed by atoms with van der Waals surface area (Å²) < 4.78 is 5.38. The average molecular weight is 418 g/mol. The van der Waals surface area contributed by atoms with Crippen molar-refractivity contribution >= 4 is 35.6 Å². The molecule has 1 aliphatic rings. The molecule has 2 rings (SSSR count). The summed E-state index contributed by atoms with van der Waals surface area (Å²) in [6.07, 6.45) is 1.09. The molecule has 22 heavy (non-hydrogen) atoms. The molecule has 0 atom stereocenters. The third-order valence-corrected chi connectivity index (χ3v) is 3.54. The van der Waals surface area contributed by atoms with Gasteiger partial charge in [-0.25, -0.2) is 0 Å². The largest absolute Gasteiger partial charge is 0.378 e. The number of nitrogens with zero attached hydrogens (tertiary/aromatic N) is 2. The third kappa shape index (κ3) is 6.00. The summed E-state index contributed by atoms with van der Waals surface area (Å²) in [7, 11) is 1.80. The quantitative estimate of drug-likeness (QED) is 0.438. The minimum absolute atomic E-state index is 0. The van der Waals surface area contributed by atoms with Gasteiger partial charge in [0.15, 0.2) is 5.96 Å². The monoisotopic (exact) mass is 418 g/mol. The van der Waals surface area contributed by atoms with Crippen LogP contribution in [0.5, 0.6) is 0 Å². The fraction of sp³-hybridized carbons (Fsp3) is 0.562. The first kappa shape index (κ1) is 19.0. The van der Waals surface area contributed by atoms with Gasteiger partial charge in [-0.1, -0.05) is 19.1 Å². The highest BCUT2D eigenvalue weighted by Gasteiger charge is 2.10. The standard InChI is InChI=1S/C16H26N4O.HI/c1-3-8-18-16(17-2)19-13-14-4-6-15(7-5-14)20-9-11-21-12-10-20;/h4-7H,3,8-13H2,1-2H3,(H2,17,18,19);1H. The highest BCUT2D eigenvalue weighted by molar-refractivity contribution is 14.0. The van der Waals surface area contributed by atoms with Crippen molar-refractivity contribution in [2.24, 2.45) is 4.99 Å². The second kappa shape index (κ2) is 10.7. The van der Waals surface area contributed by atoms with Crippen LogP contribution in [0, 0.1) is 0 Å². The van der Waals surface area contributed by atoms with Gasteiger partial charge in [0, 0.05) is 38.9 Å². The predicted octanol–water partition coefficient (Wildman–Crippen LogP) is 2.22. The lowest BCUT2D eigenvalue weighted by atomic mass is 10.2. The Morgan fingerprint density at radius 3 is 2.45 bits per heavy atom. The summed E-state index contributed by atoms with van der Waals surface area (Å²) in [4.78, 5) is 6.57. The molecular formula is C16H27IN4O. The van der Waals surface area contributed by atoms with Crippen molar-refractivity contribution in [2.45, 2.75) is 19.9 Å². The Hall–Kier alpha value is -1.02. The van der Waals surface area contributed by atoms with Gasteiger partial charge in [0.2, 0.25) is 0 Å². The fourth-order valence-electron chi connectivity index (χ4n) is 2.30. The molecule has 0 amide bonds. The van der Waals surface area contributed by atoms with E-state index in [1.165, 1.54) is 11.3 Å². The molecule has 1 fully saturated rings. The molecule has 0 aromatic heterocycles. The summed E-state index contributed by atoms with van der Waals surface area (Å²) in [5, 5.41) is 6.59. The van der Waals surface area contributed by atoms with E-state index in [1.807, 2.05) is 0 Å². The van der Waals surface area contributed by atoms with Gasteiger partial charge in [0.25, 0.3) is 0 Å². The highest BCUT2D eigenvalue weighted by atomic mass is 127. The van der Waals surface area contributed by atoms with E-state index in [-0.39, 0.29) is 24.0 Å². The van der Waals surface area contributed by atoms with Crippen molar-refractivity contribution < 1.29 is 4.74 Å². The second-order valence-electron chi connectivity index (χ2n) is 5.12. The third-order valence-electron chi connectivity index (χ3n) is 3.54. The number of hydrogen-bond acceptors (Lipinski definition) is 3. The molecule has 1 aromatic carbocycles. The van der Waals surface area contributed by atoms with Crippen molar-refractivity contribution in [3.8, 4) is 0 Å². The molecule has 1 saturated heterocycles. The SMILES string of the molecule is CCCNC(=NC)NCc1ccc(N2CCOCC2)cc1.I. The maximum absolute atomic E-state index is 5.38. The number of guanidine groups is 1. The minimum Gasteiger partial charge on any atom is -0.378 e. The maximum atomic E-state index is 5.38. The number of halogens is 1. The fourth-order valence-corrected chi connectivity index (χ4v) is 2.30. The molecule has 1 aromatic rings. The molecule has 0 spiro atoms. The molecule has 0 aliphatic carbocycles. The molecule has 5 nitrogen and oxygen atoms in total. The Labute approximate surface area is 150 Å². The molecule has 124 valence electrons. The molecule has 2 N–H and O–H groups in total. The van der Waals surface area contributed by atoms with Crippen LogP contribution in [0.25, 0.3) is 0 Å². The van der Waals surface area contributed by atoms with Gasteiger partial charge in [-0.05, 0) is 24.1 Å². The first-order chi connectivity index (χ1) is 10.3. The number of aliphatic imine (C=N–C) groups is 1. The summed E-state index contributed by atoms with van der Waals surface area (Å²) in [6.45, 7) is 7.47. The van der Waals surface area contributed by atoms with E-state index in [2.05, 4.69) is 51.7 Å². The van der Waals surface area contributed by atoms with Crippen molar-refractivity contribution in [2.75, 3.05) is 44.8 Å². The Morgan fingerprint density at radius 2 is 1.86 bits per heavy atom. The van der Waals surface area contributed by atoms with Gasteiger partial charge in [-0.2, -0.15) is 0 Å². The molecule has 0 unspecified atom stereocenters. The first-order valence-corrected chi connectivity index (χ1v) is 7.69. The summed E-state index contributed by atoms with van der Waals surface area (Å²) in [5.41, 5.74) is 2.53. The van der Waals surface area contributed by atoms with Crippen molar-refractivity contribution in [3.63, 3.8) is 0 Å². The van der Waals surface area contributed by atoms with E-state index in [0.29, 0.717) is 0 Å². The predicted molar refractivity (Wildman–Crippen MR) is 103 cm³/mol. The molecule has 6 heteroatoms. The van der Waals surface area contributed by atoms with Crippen molar-refractivity contribution in [1.29, 1.82) is 0 Å². The van der Waals surface area contributed by atoms with Crippen LogP contribution in [0.4, 0.5) is 5.69 Å². The summed E-state index contributed by atoms with van der Waals surface area (Å²) in [5.74, 6) is 0.856. The molecular weight excluding hydrogens is 391 g/mol. The van der Waals surface area contributed by atoms with Crippen LogP contribution in [-0.4, -0.2) is 45.9 Å². The average Bonchev–Trinajstić information content (AvgIpc) is 2.56. The molecule has 0 saturated carbocycles. The smallest absolute Gasteiger partial charge is 0.191 e. The first-order valence-electron chi connectivity index (χ1n) is 7.69. The van der Waals surface area contributed by atoms with Gasteiger partial charge in [-0.3, -0.25) is 4.99 Å². The molecule has 0 bridgehead atoms. The van der Waals surface area contributed by atoms with E-state index in [0.717, 1.165) is 51.8 Å². The van der Waals surface area contributed by atoms with Crippen LogP contribution in [0.2, 0.25) is 0 Å². The molecule has 0 radical (unpaired) electrons. The van der Waals surface area contributed by atoms with Crippen LogP contribution < -0.4 is 15.5 Å². The zero-order valence-corrected chi connectivity index (χ0v) is 15.8. The van der Waals surface area contributed by atoms with E-state index in [4.69, 9.17) is 4.74 Å². The summed E-state index contributed by atoms with van der Waals surface area (Å²) >= 11 is 0. The van der Waals surface area contributed by atoms with Crippen LogP contribution in [0.15, 0.2) is 29.3 Å². The van der Waals surface area contributed by atoms with E-state index < -0.39 is 0 Å². The summed E-state index contributed by atoms with van der Waals surface area (Å²) in [6, 6.07) is 8.71. The van der Waals surface area contributed by atoms with Gasteiger partial charge < -0.3 is 20.3 Å². The number of nitrogens with one attached hydrogen (secondary N) is 2. The maximum Gasteiger partial charge on any atom is 0.191 e. The molecule has 1 aliphatic heterocycles. The van der Waals surface area contributed by atoms with Gasteiger partial charge in [0.1, 0.15) is 0 Å². The number of rotatable bonds is 5. The zero-order valence-electron chi connectivity index (χ0n) is 13.5. The van der Waals surface area contributed by atoms with Crippen LogP contribution >= 0.6 is 24.0 Å². The lowest BCUT2D eigenvalue weighted by Crippen LogP contribution is -2.37. The Bertz CT molecular complexity index is 444. The second-order valence-corrected chi connectivity index (χ2v) is 5.12. The highest BCUT2D eigenvalue weighted by Crippen LogP contribution is 2.16. The van der Waals surface area contributed by atoms with Gasteiger partial charge >= 0.3 is 0 Å². The number of benzene rings is 1. The zero-order chi connectivity index (χ0) is 14.9. The molecule has 1 heterocycles. The van der Waals surface area contributed by atoms with Crippen molar-refractivity contribution in [1.82, 2.24) is 10.6 Å². The number of anilines is 1. The van der Waals surface area contributed by atoms with E-state index >= 15 is 0 Å². The Morgan fingerprint density at radius 1 is 1.18 bits per heavy atom. The van der Waals surface area contributed by atoms with Crippen LogP contribution in [0.1, 0.15) is 18.9 Å². The van der Waals surface area contributed by atoms with Crippen LogP contribution in [-0.2, 0) is 11.3 Å². The van der Waals surface area contributed by atoms with Crippen LogP contribution in [0.3, 0.4) is 0 Å². The normalized spacial score (nSPS) is 15.2. The Kier molecular flexibility index (Phi) is 9.22. The minimum atomic E-state index is 0. The van der Waals surface area contributed by atoms with Gasteiger partial charge in [-0.15, -0.1) is 24.0 Å². The Balaban J connectivity index is 0.00000242. The lowest BCUT2D eigenvalue weighted by molar-refractivity contribution is 0.122. The van der Waals surface area contributed by atoms with Crippen molar-refractivity contribution in [3.05, 3.63) is 29.8 Å². The number of hydrogen-bond donors (Lipinski definition) is 2.